The van der Waals surface area contributed by atoms with E-state index in [1.807, 2.05) is 12.1 Å². The van der Waals surface area contributed by atoms with Crippen molar-refractivity contribution in [3.8, 4) is 5.75 Å². The zero-order valence-electron chi connectivity index (χ0n) is 14.8. The van der Waals surface area contributed by atoms with Gasteiger partial charge in [-0.3, -0.25) is 4.90 Å². The lowest BCUT2D eigenvalue weighted by Gasteiger charge is -2.35. The summed E-state index contributed by atoms with van der Waals surface area (Å²) in [5, 5.41) is 23.6. The van der Waals surface area contributed by atoms with E-state index in [1.54, 1.807) is 12.1 Å². The predicted octanol–water partition coefficient (Wildman–Crippen LogP) is 3.03. The Hall–Kier alpha value is -1.92. The van der Waals surface area contributed by atoms with Crippen molar-refractivity contribution in [2.24, 2.45) is 0 Å². The molecule has 0 amide bonds. The largest absolute Gasteiger partial charge is 0.508 e. The molecular weight excluding hydrogens is 318 g/mol. The summed E-state index contributed by atoms with van der Waals surface area (Å²) in [6.45, 7) is 3.42. The molecule has 0 unspecified atom stereocenters. The Labute approximate surface area is 148 Å². The van der Waals surface area contributed by atoms with Crippen LogP contribution in [0.3, 0.4) is 0 Å². The SMILES string of the molecule is CCCc1nc(CN(Cc2cccc(O)c2)C2CCC(O)CC2)no1. The van der Waals surface area contributed by atoms with Gasteiger partial charge in [0.15, 0.2) is 5.82 Å². The van der Waals surface area contributed by atoms with Crippen molar-refractivity contribution in [3.05, 3.63) is 41.5 Å². The summed E-state index contributed by atoms with van der Waals surface area (Å²) in [5.74, 6) is 1.67. The molecule has 0 radical (unpaired) electrons. The highest BCUT2D eigenvalue weighted by atomic mass is 16.5. The number of aryl methyl sites for hydroxylation is 1. The van der Waals surface area contributed by atoms with Crippen LogP contribution >= 0.6 is 0 Å². The first-order chi connectivity index (χ1) is 12.1. The van der Waals surface area contributed by atoms with Crippen molar-refractivity contribution in [2.45, 2.75) is 70.7 Å². The quantitative estimate of drug-likeness (QED) is 0.802. The smallest absolute Gasteiger partial charge is 0.226 e. The van der Waals surface area contributed by atoms with Crippen LogP contribution in [0.15, 0.2) is 28.8 Å². The van der Waals surface area contributed by atoms with Crippen LogP contribution in [0.2, 0.25) is 0 Å². The molecular formula is C19H27N3O3. The number of phenolic OH excluding ortho intramolecular Hbond substituents is 1. The molecule has 0 aliphatic heterocycles. The Morgan fingerprint density at radius 2 is 2.00 bits per heavy atom. The minimum absolute atomic E-state index is 0.180. The van der Waals surface area contributed by atoms with Crippen LogP contribution in [0.5, 0.6) is 5.75 Å². The minimum Gasteiger partial charge on any atom is -0.508 e. The average Bonchev–Trinajstić information content (AvgIpc) is 3.03. The van der Waals surface area contributed by atoms with Crippen molar-refractivity contribution in [3.63, 3.8) is 0 Å². The van der Waals surface area contributed by atoms with E-state index in [-0.39, 0.29) is 11.9 Å². The number of aromatic hydroxyl groups is 1. The average molecular weight is 345 g/mol. The Morgan fingerprint density at radius 1 is 1.20 bits per heavy atom. The van der Waals surface area contributed by atoms with Crippen LogP contribution in [0, 0.1) is 0 Å². The third kappa shape index (κ3) is 5.03. The number of hydrogen-bond donors (Lipinski definition) is 2. The van der Waals surface area contributed by atoms with E-state index in [2.05, 4.69) is 22.0 Å². The first-order valence-electron chi connectivity index (χ1n) is 9.15. The highest BCUT2D eigenvalue weighted by molar-refractivity contribution is 5.27. The fourth-order valence-corrected chi connectivity index (χ4v) is 3.48. The fraction of sp³-hybridized carbons (Fsp3) is 0.579. The molecule has 0 spiro atoms. The van der Waals surface area contributed by atoms with Gasteiger partial charge in [0.25, 0.3) is 0 Å². The second-order valence-corrected chi connectivity index (χ2v) is 6.89. The Bertz CT molecular complexity index is 665. The highest BCUT2D eigenvalue weighted by Crippen LogP contribution is 2.26. The van der Waals surface area contributed by atoms with E-state index in [0.29, 0.717) is 30.8 Å². The summed E-state index contributed by atoms with van der Waals surface area (Å²) < 4.78 is 5.31. The van der Waals surface area contributed by atoms with Gasteiger partial charge in [-0.15, -0.1) is 0 Å². The highest BCUT2D eigenvalue weighted by Gasteiger charge is 2.26. The first kappa shape index (κ1) is 17.9. The van der Waals surface area contributed by atoms with Gasteiger partial charge < -0.3 is 14.7 Å². The van der Waals surface area contributed by atoms with E-state index in [1.165, 1.54) is 0 Å². The first-order valence-corrected chi connectivity index (χ1v) is 9.15. The van der Waals surface area contributed by atoms with E-state index in [4.69, 9.17) is 4.52 Å². The standard InChI is InChI=1S/C19H27N3O3/c1-2-4-19-20-18(21-25-19)13-22(15-7-9-16(23)10-8-15)12-14-5-3-6-17(24)11-14/h3,5-6,11,15-16,23-24H,2,4,7-10,12-13H2,1H3. The maximum absolute atomic E-state index is 9.80. The van der Waals surface area contributed by atoms with Gasteiger partial charge >= 0.3 is 0 Å². The van der Waals surface area contributed by atoms with Crippen LogP contribution in [0.1, 0.15) is 56.3 Å². The normalized spacial score (nSPS) is 20.9. The lowest BCUT2D eigenvalue weighted by atomic mass is 9.91. The predicted molar refractivity (Wildman–Crippen MR) is 93.9 cm³/mol. The number of aliphatic hydroxyl groups is 1. The van der Waals surface area contributed by atoms with E-state index in [9.17, 15) is 10.2 Å². The molecule has 0 bridgehead atoms. The zero-order chi connectivity index (χ0) is 17.6. The Kier molecular flexibility index (Phi) is 6.04. The fourth-order valence-electron chi connectivity index (χ4n) is 3.48. The topological polar surface area (TPSA) is 82.6 Å². The second kappa shape index (κ2) is 8.45. The van der Waals surface area contributed by atoms with Crippen LogP contribution in [0.4, 0.5) is 0 Å². The zero-order valence-corrected chi connectivity index (χ0v) is 14.8. The summed E-state index contributed by atoms with van der Waals surface area (Å²) >= 11 is 0. The van der Waals surface area contributed by atoms with Crippen molar-refractivity contribution in [1.29, 1.82) is 0 Å². The van der Waals surface area contributed by atoms with Gasteiger partial charge in [0, 0.05) is 19.0 Å². The molecule has 1 aromatic carbocycles. The lowest BCUT2D eigenvalue weighted by Crippen LogP contribution is -2.38. The van der Waals surface area contributed by atoms with Crippen LogP contribution in [-0.4, -0.2) is 37.4 Å². The number of rotatable bonds is 7. The third-order valence-corrected chi connectivity index (χ3v) is 4.80. The Balaban J connectivity index is 1.73. The summed E-state index contributed by atoms with van der Waals surface area (Å²) in [4.78, 5) is 6.83. The van der Waals surface area contributed by atoms with Gasteiger partial charge in [-0.25, -0.2) is 0 Å². The van der Waals surface area contributed by atoms with Crippen molar-refractivity contribution >= 4 is 0 Å². The van der Waals surface area contributed by atoms with Crippen LogP contribution in [-0.2, 0) is 19.5 Å². The molecule has 1 fully saturated rings. The molecule has 3 rings (SSSR count). The van der Waals surface area contributed by atoms with Gasteiger partial charge in [0.05, 0.1) is 12.6 Å². The van der Waals surface area contributed by atoms with Crippen molar-refractivity contribution < 1.29 is 14.7 Å². The number of aromatic nitrogens is 2. The molecule has 0 atom stereocenters. The van der Waals surface area contributed by atoms with Crippen LogP contribution in [0.25, 0.3) is 0 Å². The summed E-state index contributed by atoms with van der Waals surface area (Å²) in [6.07, 6.45) is 5.17. The molecule has 2 N–H and O–H groups in total. The number of nitrogens with zero attached hydrogens (tertiary/aromatic N) is 3. The van der Waals surface area contributed by atoms with Crippen molar-refractivity contribution in [1.82, 2.24) is 15.0 Å². The van der Waals surface area contributed by atoms with E-state index < -0.39 is 0 Å². The molecule has 0 saturated heterocycles. The molecule has 1 aliphatic rings. The number of benzene rings is 1. The van der Waals surface area contributed by atoms with Gasteiger partial charge in [-0.1, -0.05) is 24.2 Å². The molecule has 6 heteroatoms. The molecule has 6 nitrogen and oxygen atoms in total. The van der Waals surface area contributed by atoms with Gasteiger partial charge in [0.2, 0.25) is 5.89 Å². The van der Waals surface area contributed by atoms with E-state index in [0.717, 1.165) is 44.1 Å². The molecule has 1 saturated carbocycles. The lowest BCUT2D eigenvalue weighted by molar-refractivity contribution is 0.0649. The van der Waals surface area contributed by atoms with Gasteiger partial charge in [-0.2, -0.15) is 4.98 Å². The monoisotopic (exact) mass is 345 g/mol. The van der Waals surface area contributed by atoms with Gasteiger partial charge in [-0.05, 0) is 49.8 Å². The molecule has 25 heavy (non-hydrogen) atoms. The molecule has 1 heterocycles. The van der Waals surface area contributed by atoms with Crippen molar-refractivity contribution in [2.75, 3.05) is 0 Å². The maximum Gasteiger partial charge on any atom is 0.226 e. The summed E-state index contributed by atoms with van der Waals surface area (Å²) in [5.41, 5.74) is 1.06. The maximum atomic E-state index is 9.80. The van der Waals surface area contributed by atoms with Gasteiger partial charge in [0.1, 0.15) is 5.75 Å². The number of aliphatic hydroxyl groups excluding tert-OH is 1. The third-order valence-electron chi connectivity index (χ3n) is 4.80. The molecule has 1 aliphatic carbocycles. The van der Waals surface area contributed by atoms with E-state index >= 15 is 0 Å². The number of hydrogen-bond acceptors (Lipinski definition) is 6. The minimum atomic E-state index is -0.180. The molecule has 136 valence electrons. The second-order valence-electron chi connectivity index (χ2n) is 6.89. The molecule has 1 aromatic heterocycles. The Morgan fingerprint density at radius 3 is 2.72 bits per heavy atom. The summed E-state index contributed by atoms with van der Waals surface area (Å²) in [6, 6.07) is 7.73. The summed E-state index contributed by atoms with van der Waals surface area (Å²) in [7, 11) is 0. The molecule has 2 aromatic rings. The number of phenols is 1. The van der Waals surface area contributed by atoms with Crippen LogP contribution < -0.4 is 0 Å².